The van der Waals surface area contributed by atoms with Crippen LogP contribution in [0.2, 0.25) is 0 Å². The monoisotopic (exact) mass is 342 g/mol. The van der Waals surface area contributed by atoms with Crippen molar-refractivity contribution in [1.29, 1.82) is 0 Å². The third kappa shape index (κ3) is 4.01. The van der Waals surface area contributed by atoms with E-state index in [1.807, 2.05) is 0 Å². The molecule has 128 valence electrons. The van der Waals surface area contributed by atoms with Gasteiger partial charge in [-0.3, -0.25) is 4.79 Å². The quantitative estimate of drug-likeness (QED) is 0.804. The van der Waals surface area contributed by atoms with Crippen LogP contribution in [0.5, 0.6) is 5.75 Å². The molecule has 1 aliphatic rings. The highest BCUT2D eigenvalue weighted by Gasteiger charge is 2.34. The lowest BCUT2D eigenvalue weighted by Crippen LogP contribution is -2.43. The molecule has 0 aliphatic carbocycles. The number of benzene rings is 1. The number of sulfonamides is 1. The summed E-state index contributed by atoms with van der Waals surface area (Å²) in [7, 11) is -0.406. The fraction of sp³-hybridized carbons (Fsp3) is 0.533. The number of aromatic hydroxyl groups is 1. The molecule has 0 unspecified atom stereocenters. The second-order valence-electron chi connectivity index (χ2n) is 5.89. The Hall–Kier alpha value is -1.64. The van der Waals surface area contributed by atoms with Gasteiger partial charge in [0.25, 0.3) is 5.91 Å². The Bertz CT molecular complexity index is 687. The maximum atomic E-state index is 12.4. The van der Waals surface area contributed by atoms with Gasteiger partial charge >= 0.3 is 0 Å². The molecule has 0 aromatic heterocycles. The second-order valence-corrected chi connectivity index (χ2v) is 8.12. The van der Waals surface area contributed by atoms with Crippen LogP contribution in [0.1, 0.15) is 15.9 Å². The highest BCUT2D eigenvalue weighted by atomic mass is 32.2. The van der Waals surface area contributed by atoms with Gasteiger partial charge in [0.2, 0.25) is 10.0 Å². The molecule has 1 saturated heterocycles. The van der Waals surface area contributed by atoms with Crippen molar-refractivity contribution >= 4 is 15.9 Å². The standard InChI is InChI=1S/C15H22N2O5S/c1-10-12(5-4-6-14(10)18)15(19)16-13-8-22-7-11(13)9-23(20,21)17(2)3/h4-6,11,13,18H,7-9H2,1-3H3,(H,16,19)/t11-,13-/m0/s1. The number of rotatable bonds is 5. The highest BCUT2D eigenvalue weighted by Crippen LogP contribution is 2.21. The molecule has 7 nitrogen and oxygen atoms in total. The minimum Gasteiger partial charge on any atom is -0.508 e. The Morgan fingerprint density at radius 1 is 1.39 bits per heavy atom. The molecule has 23 heavy (non-hydrogen) atoms. The van der Waals surface area contributed by atoms with Crippen LogP contribution in [0.3, 0.4) is 0 Å². The molecule has 1 aromatic rings. The number of phenolic OH excluding ortho intramolecular Hbond substituents is 1. The third-order valence-corrected chi connectivity index (χ3v) is 6.01. The minimum absolute atomic E-state index is 0.0482. The first kappa shape index (κ1) is 17.7. The van der Waals surface area contributed by atoms with Gasteiger partial charge in [0.1, 0.15) is 5.75 Å². The predicted octanol–water partition coefficient (Wildman–Crippen LogP) is 0.337. The van der Waals surface area contributed by atoms with E-state index >= 15 is 0 Å². The number of nitrogens with one attached hydrogen (secondary N) is 1. The van der Waals surface area contributed by atoms with E-state index in [1.54, 1.807) is 19.1 Å². The summed E-state index contributed by atoms with van der Waals surface area (Å²) in [6.07, 6.45) is 0. The van der Waals surface area contributed by atoms with E-state index in [4.69, 9.17) is 4.74 Å². The van der Waals surface area contributed by atoms with Gasteiger partial charge < -0.3 is 15.2 Å². The van der Waals surface area contributed by atoms with Gasteiger partial charge in [-0.2, -0.15) is 0 Å². The largest absolute Gasteiger partial charge is 0.508 e. The average molecular weight is 342 g/mol. The topological polar surface area (TPSA) is 95.9 Å². The van der Waals surface area contributed by atoms with Crippen LogP contribution in [0.25, 0.3) is 0 Å². The molecule has 1 amide bonds. The molecule has 0 saturated carbocycles. The molecular formula is C15H22N2O5S. The smallest absolute Gasteiger partial charge is 0.251 e. The van der Waals surface area contributed by atoms with Crippen LogP contribution in [0, 0.1) is 12.8 Å². The number of carbonyl (C=O) groups is 1. The molecule has 0 radical (unpaired) electrons. The van der Waals surface area contributed by atoms with Crippen LogP contribution in [0.15, 0.2) is 18.2 Å². The fourth-order valence-electron chi connectivity index (χ4n) is 2.46. The van der Waals surface area contributed by atoms with Crippen molar-refractivity contribution in [3.8, 4) is 5.75 Å². The zero-order valence-electron chi connectivity index (χ0n) is 13.4. The molecular weight excluding hydrogens is 320 g/mol. The van der Waals surface area contributed by atoms with Gasteiger partial charge in [-0.05, 0) is 19.1 Å². The number of carbonyl (C=O) groups excluding carboxylic acids is 1. The van der Waals surface area contributed by atoms with E-state index in [9.17, 15) is 18.3 Å². The summed E-state index contributed by atoms with van der Waals surface area (Å²) in [6.45, 7) is 2.22. The molecule has 1 fully saturated rings. The number of amides is 1. The average Bonchev–Trinajstić information content (AvgIpc) is 2.88. The molecule has 2 rings (SSSR count). The molecule has 1 aromatic carbocycles. The predicted molar refractivity (Wildman–Crippen MR) is 85.9 cm³/mol. The Balaban J connectivity index is 2.09. The fourth-order valence-corrected chi connectivity index (χ4v) is 3.63. The Morgan fingerprint density at radius 3 is 2.74 bits per heavy atom. The van der Waals surface area contributed by atoms with E-state index in [0.717, 1.165) is 0 Å². The highest BCUT2D eigenvalue weighted by molar-refractivity contribution is 7.89. The van der Waals surface area contributed by atoms with Crippen LogP contribution < -0.4 is 5.32 Å². The zero-order valence-corrected chi connectivity index (χ0v) is 14.3. The Kier molecular flexibility index (Phi) is 5.28. The summed E-state index contributed by atoms with van der Waals surface area (Å²) in [5.74, 6) is -0.679. The summed E-state index contributed by atoms with van der Waals surface area (Å²) in [5, 5.41) is 12.5. The molecule has 8 heteroatoms. The zero-order chi connectivity index (χ0) is 17.2. The van der Waals surface area contributed by atoms with Crippen molar-refractivity contribution in [3.05, 3.63) is 29.3 Å². The first-order valence-electron chi connectivity index (χ1n) is 7.29. The van der Waals surface area contributed by atoms with Crippen molar-refractivity contribution in [2.24, 2.45) is 5.92 Å². The lowest BCUT2D eigenvalue weighted by atomic mass is 10.0. The lowest BCUT2D eigenvalue weighted by molar-refractivity contribution is 0.0925. The summed E-state index contributed by atoms with van der Waals surface area (Å²) in [4.78, 5) is 12.4. The molecule has 0 spiro atoms. The maximum Gasteiger partial charge on any atom is 0.251 e. The van der Waals surface area contributed by atoms with Gasteiger partial charge in [0, 0.05) is 31.1 Å². The van der Waals surface area contributed by atoms with E-state index < -0.39 is 10.0 Å². The van der Waals surface area contributed by atoms with E-state index in [0.29, 0.717) is 11.1 Å². The van der Waals surface area contributed by atoms with Gasteiger partial charge in [-0.1, -0.05) is 6.07 Å². The van der Waals surface area contributed by atoms with Crippen LogP contribution >= 0.6 is 0 Å². The van der Waals surface area contributed by atoms with Crippen LogP contribution in [-0.4, -0.2) is 62.8 Å². The normalized spacial score (nSPS) is 21.6. The van der Waals surface area contributed by atoms with E-state index in [1.165, 1.54) is 24.5 Å². The van der Waals surface area contributed by atoms with Gasteiger partial charge in [0.15, 0.2) is 0 Å². The molecule has 0 bridgehead atoms. The van der Waals surface area contributed by atoms with E-state index in [-0.39, 0.29) is 42.6 Å². The third-order valence-electron chi connectivity index (χ3n) is 4.05. The summed E-state index contributed by atoms with van der Waals surface area (Å²) in [5.41, 5.74) is 0.854. The first-order valence-corrected chi connectivity index (χ1v) is 8.90. The van der Waals surface area contributed by atoms with Gasteiger partial charge in [-0.15, -0.1) is 0 Å². The Morgan fingerprint density at radius 2 is 2.09 bits per heavy atom. The van der Waals surface area contributed by atoms with Crippen molar-refractivity contribution in [2.45, 2.75) is 13.0 Å². The summed E-state index contributed by atoms with van der Waals surface area (Å²) >= 11 is 0. The number of hydrogen-bond donors (Lipinski definition) is 2. The van der Waals surface area contributed by atoms with Gasteiger partial charge in [-0.25, -0.2) is 12.7 Å². The van der Waals surface area contributed by atoms with Crippen LogP contribution in [-0.2, 0) is 14.8 Å². The molecule has 1 aliphatic heterocycles. The summed E-state index contributed by atoms with van der Waals surface area (Å²) in [6, 6.07) is 4.35. The van der Waals surface area contributed by atoms with Crippen molar-refractivity contribution in [3.63, 3.8) is 0 Å². The second kappa shape index (κ2) is 6.86. The SMILES string of the molecule is Cc1c(O)cccc1C(=O)N[C@H]1COC[C@H]1CS(=O)(=O)N(C)C. The maximum absolute atomic E-state index is 12.4. The van der Waals surface area contributed by atoms with Crippen LogP contribution in [0.4, 0.5) is 0 Å². The minimum atomic E-state index is -3.37. The Labute approximate surface area is 136 Å². The number of ether oxygens (including phenoxy) is 1. The van der Waals surface area contributed by atoms with Crippen molar-refractivity contribution in [1.82, 2.24) is 9.62 Å². The van der Waals surface area contributed by atoms with Gasteiger partial charge in [0.05, 0.1) is 25.0 Å². The molecule has 2 N–H and O–H groups in total. The summed E-state index contributed by atoms with van der Waals surface area (Å²) < 4.78 is 30.5. The first-order chi connectivity index (χ1) is 10.7. The number of nitrogens with zero attached hydrogens (tertiary/aromatic N) is 1. The van der Waals surface area contributed by atoms with Crippen molar-refractivity contribution < 1.29 is 23.1 Å². The number of phenols is 1. The van der Waals surface area contributed by atoms with E-state index in [2.05, 4.69) is 5.32 Å². The molecule has 1 heterocycles. The number of hydrogen-bond acceptors (Lipinski definition) is 5. The van der Waals surface area contributed by atoms with Crippen molar-refractivity contribution in [2.75, 3.05) is 33.1 Å². The molecule has 2 atom stereocenters. The lowest BCUT2D eigenvalue weighted by Gasteiger charge is -2.21.